The molecule has 6 heteroatoms. The molecule has 1 aromatic rings. The molecule has 0 bridgehead atoms. The van der Waals surface area contributed by atoms with Gasteiger partial charge in [0.2, 0.25) is 5.91 Å². The van der Waals surface area contributed by atoms with Crippen molar-refractivity contribution in [2.45, 2.75) is 33.7 Å². The van der Waals surface area contributed by atoms with Crippen LogP contribution in [0.1, 0.15) is 32.9 Å². The molecular weight excluding hydrogens is 266 g/mol. The Morgan fingerprint density at radius 3 is 2.43 bits per heavy atom. The van der Waals surface area contributed by atoms with Gasteiger partial charge in [-0.25, -0.2) is 4.98 Å². The Morgan fingerprint density at radius 2 is 1.90 bits per heavy atom. The van der Waals surface area contributed by atoms with E-state index in [0.29, 0.717) is 13.1 Å². The monoisotopic (exact) mass is 293 g/mol. The molecular formula is C15H27N5O. The smallest absolute Gasteiger partial charge is 0.236 e. The van der Waals surface area contributed by atoms with E-state index in [1.54, 1.807) is 12.4 Å². The van der Waals surface area contributed by atoms with Crippen molar-refractivity contribution < 1.29 is 4.79 Å². The van der Waals surface area contributed by atoms with Crippen molar-refractivity contribution in [1.82, 2.24) is 19.8 Å². The Kier molecular flexibility index (Phi) is 7.68. The van der Waals surface area contributed by atoms with Crippen LogP contribution in [0.15, 0.2) is 12.4 Å². The maximum absolute atomic E-state index is 12.0. The Labute approximate surface area is 127 Å². The van der Waals surface area contributed by atoms with Gasteiger partial charge in [-0.1, -0.05) is 6.92 Å². The van der Waals surface area contributed by atoms with Gasteiger partial charge in [-0.15, -0.1) is 0 Å². The number of aromatic nitrogens is 2. The summed E-state index contributed by atoms with van der Waals surface area (Å²) >= 11 is 0. The maximum Gasteiger partial charge on any atom is 0.236 e. The number of anilines is 1. The minimum atomic E-state index is 0.150. The molecule has 0 saturated carbocycles. The summed E-state index contributed by atoms with van der Waals surface area (Å²) in [5.41, 5.74) is 0.867. The second-order valence-electron chi connectivity index (χ2n) is 5.06. The van der Waals surface area contributed by atoms with Crippen molar-refractivity contribution >= 4 is 11.7 Å². The number of nitrogens with zero attached hydrogens (tertiary/aromatic N) is 4. The number of hydrogen-bond donors (Lipinski definition) is 1. The van der Waals surface area contributed by atoms with Gasteiger partial charge in [0.1, 0.15) is 5.82 Å². The zero-order valence-corrected chi connectivity index (χ0v) is 13.6. The van der Waals surface area contributed by atoms with Crippen LogP contribution in [0.4, 0.5) is 5.82 Å². The molecule has 21 heavy (non-hydrogen) atoms. The fourth-order valence-corrected chi connectivity index (χ4v) is 2.02. The van der Waals surface area contributed by atoms with Crippen LogP contribution in [0, 0.1) is 0 Å². The van der Waals surface area contributed by atoms with Gasteiger partial charge in [-0.3, -0.25) is 14.7 Å². The van der Waals surface area contributed by atoms with Gasteiger partial charge in [0.15, 0.2) is 0 Å². The van der Waals surface area contributed by atoms with Gasteiger partial charge in [0.25, 0.3) is 0 Å². The number of rotatable bonds is 9. The Bertz CT molecular complexity index is 417. The first-order valence-electron chi connectivity index (χ1n) is 7.61. The lowest BCUT2D eigenvalue weighted by Crippen LogP contribution is -2.38. The van der Waals surface area contributed by atoms with Gasteiger partial charge in [-0.2, -0.15) is 0 Å². The van der Waals surface area contributed by atoms with Crippen LogP contribution in [-0.4, -0.2) is 58.9 Å². The van der Waals surface area contributed by atoms with Crippen LogP contribution in [-0.2, 0) is 11.3 Å². The van der Waals surface area contributed by atoms with Crippen molar-refractivity contribution in [3.05, 3.63) is 18.1 Å². The summed E-state index contributed by atoms with van der Waals surface area (Å²) in [5, 5.41) is 3.19. The van der Waals surface area contributed by atoms with Crippen molar-refractivity contribution in [1.29, 1.82) is 0 Å². The maximum atomic E-state index is 12.0. The highest BCUT2D eigenvalue weighted by Gasteiger charge is 2.12. The molecule has 0 fully saturated rings. The highest BCUT2D eigenvalue weighted by atomic mass is 16.2. The zero-order chi connectivity index (χ0) is 15.7. The van der Waals surface area contributed by atoms with Gasteiger partial charge in [0.05, 0.1) is 24.6 Å². The lowest BCUT2D eigenvalue weighted by molar-refractivity contribution is -0.131. The number of hydrogen-bond acceptors (Lipinski definition) is 5. The molecule has 0 aliphatic heterocycles. The topological polar surface area (TPSA) is 61.4 Å². The van der Waals surface area contributed by atoms with E-state index in [2.05, 4.69) is 22.2 Å². The largest absolute Gasteiger partial charge is 0.369 e. The Morgan fingerprint density at radius 1 is 1.19 bits per heavy atom. The third-order valence-electron chi connectivity index (χ3n) is 3.21. The molecule has 1 heterocycles. The second kappa shape index (κ2) is 9.28. The molecule has 0 saturated heterocycles. The summed E-state index contributed by atoms with van der Waals surface area (Å²) in [6.45, 7) is 9.52. The van der Waals surface area contributed by atoms with Crippen LogP contribution in [0.25, 0.3) is 0 Å². The SMILES string of the molecule is CCCNc1cnc(CN(C)CC(=O)N(CC)CC)cn1. The standard InChI is InChI=1S/C15H27N5O/c1-5-8-16-14-10-17-13(9-18-14)11-19(4)12-15(21)20(6-2)7-3/h9-10H,5-8,11-12H2,1-4H3,(H,16,18). The van der Waals surface area contributed by atoms with E-state index in [9.17, 15) is 4.79 Å². The predicted molar refractivity (Wildman–Crippen MR) is 85.1 cm³/mol. The summed E-state index contributed by atoms with van der Waals surface area (Å²) in [5.74, 6) is 0.944. The molecule has 1 rings (SSSR count). The van der Waals surface area contributed by atoms with E-state index < -0.39 is 0 Å². The molecule has 1 amide bonds. The van der Waals surface area contributed by atoms with Crippen LogP contribution in [0.3, 0.4) is 0 Å². The number of amides is 1. The van der Waals surface area contributed by atoms with E-state index in [-0.39, 0.29) is 5.91 Å². The molecule has 1 N–H and O–H groups in total. The summed E-state index contributed by atoms with van der Waals surface area (Å²) in [6, 6.07) is 0. The van der Waals surface area contributed by atoms with E-state index in [1.807, 2.05) is 30.7 Å². The van der Waals surface area contributed by atoms with Crippen molar-refractivity contribution in [3.8, 4) is 0 Å². The lowest BCUT2D eigenvalue weighted by Gasteiger charge is -2.22. The minimum Gasteiger partial charge on any atom is -0.369 e. The number of nitrogens with one attached hydrogen (secondary N) is 1. The molecule has 6 nitrogen and oxygen atoms in total. The number of carbonyl (C=O) groups is 1. The highest BCUT2D eigenvalue weighted by Crippen LogP contribution is 2.04. The Balaban J connectivity index is 2.47. The van der Waals surface area contributed by atoms with Crippen molar-refractivity contribution in [2.24, 2.45) is 0 Å². The molecule has 1 aromatic heterocycles. The van der Waals surface area contributed by atoms with Gasteiger partial charge < -0.3 is 10.2 Å². The van der Waals surface area contributed by atoms with Crippen LogP contribution < -0.4 is 5.32 Å². The van der Waals surface area contributed by atoms with Crippen LogP contribution in [0.2, 0.25) is 0 Å². The van der Waals surface area contributed by atoms with E-state index >= 15 is 0 Å². The fraction of sp³-hybridized carbons (Fsp3) is 0.667. The summed E-state index contributed by atoms with van der Waals surface area (Å²) in [6.07, 6.45) is 4.56. The Hall–Kier alpha value is -1.69. The van der Waals surface area contributed by atoms with E-state index in [4.69, 9.17) is 0 Å². The molecule has 0 unspecified atom stereocenters. The summed E-state index contributed by atoms with van der Waals surface area (Å²) in [4.78, 5) is 24.5. The molecule has 0 spiro atoms. The van der Waals surface area contributed by atoms with E-state index in [0.717, 1.165) is 37.6 Å². The number of carbonyl (C=O) groups excluding carboxylic acids is 1. The minimum absolute atomic E-state index is 0.150. The highest BCUT2D eigenvalue weighted by molar-refractivity contribution is 5.78. The quantitative estimate of drug-likeness (QED) is 0.749. The van der Waals surface area contributed by atoms with Gasteiger partial charge in [-0.05, 0) is 27.3 Å². The molecule has 0 aliphatic carbocycles. The third kappa shape index (κ3) is 6.08. The third-order valence-corrected chi connectivity index (χ3v) is 3.21. The first-order chi connectivity index (χ1) is 10.1. The van der Waals surface area contributed by atoms with E-state index in [1.165, 1.54) is 0 Å². The predicted octanol–water partition coefficient (Wildman–Crippen LogP) is 1.60. The molecule has 0 radical (unpaired) electrons. The van der Waals surface area contributed by atoms with Crippen LogP contribution >= 0.6 is 0 Å². The molecule has 0 aliphatic rings. The average molecular weight is 293 g/mol. The fourth-order valence-electron chi connectivity index (χ4n) is 2.02. The zero-order valence-electron chi connectivity index (χ0n) is 13.6. The summed E-state index contributed by atoms with van der Waals surface area (Å²) in [7, 11) is 1.92. The first kappa shape index (κ1) is 17.4. The molecule has 0 aromatic carbocycles. The van der Waals surface area contributed by atoms with Gasteiger partial charge in [0, 0.05) is 26.2 Å². The molecule has 0 atom stereocenters. The average Bonchev–Trinajstić information content (AvgIpc) is 2.47. The van der Waals surface area contributed by atoms with Crippen molar-refractivity contribution in [2.75, 3.05) is 38.5 Å². The number of likely N-dealkylation sites (N-methyl/N-ethyl adjacent to an activating group) is 2. The second-order valence-corrected chi connectivity index (χ2v) is 5.06. The summed E-state index contributed by atoms with van der Waals surface area (Å²) < 4.78 is 0. The molecule has 118 valence electrons. The first-order valence-corrected chi connectivity index (χ1v) is 7.61. The van der Waals surface area contributed by atoms with Crippen molar-refractivity contribution in [3.63, 3.8) is 0 Å². The van der Waals surface area contributed by atoms with Gasteiger partial charge >= 0.3 is 0 Å². The van der Waals surface area contributed by atoms with Crippen LogP contribution in [0.5, 0.6) is 0 Å². The lowest BCUT2D eigenvalue weighted by atomic mass is 10.3. The normalized spacial score (nSPS) is 10.7.